The number of ether oxygens (including phenoxy) is 1. The monoisotopic (exact) mass is 265 g/mol. The summed E-state index contributed by atoms with van der Waals surface area (Å²) < 4.78 is 18.2. The number of hydrogen-bond donors (Lipinski definition) is 0. The van der Waals surface area contributed by atoms with Crippen LogP contribution < -0.4 is 0 Å². The fourth-order valence-corrected chi connectivity index (χ4v) is 2.81. The summed E-state index contributed by atoms with van der Waals surface area (Å²) in [5.74, 6) is 0.366. The number of nitrogens with zero attached hydrogens (tertiary/aromatic N) is 1. The lowest BCUT2D eigenvalue weighted by atomic mass is 10.2. The maximum absolute atomic E-state index is 11.9. The van der Waals surface area contributed by atoms with Crippen molar-refractivity contribution in [3.05, 3.63) is 48.0 Å². The Labute approximate surface area is 109 Å². The summed E-state index contributed by atoms with van der Waals surface area (Å²) in [5.41, 5.74) is 0.914. The predicted octanol–water partition coefficient (Wildman–Crippen LogP) is 2.25. The van der Waals surface area contributed by atoms with Crippen molar-refractivity contribution in [1.82, 2.24) is 4.31 Å². The number of carbonyl (C=O) groups excluding carboxylic acids is 1. The first-order valence-corrected chi connectivity index (χ1v) is 7.01. The van der Waals surface area contributed by atoms with Crippen LogP contribution in [0.25, 0.3) is 0 Å². The van der Waals surface area contributed by atoms with Gasteiger partial charge >= 0.3 is 6.09 Å². The van der Waals surface area contributed by atoms with Gasteiger partial charge in [0.05, 0.1) is 11.8 Å². The molecule has 2 atom stereocenters. The Morgan fingerprint density at radius 2 is 2.17 bits per heavy atom. The summed E-state index contributed by atoms with van der Waals surface area (Å²) >= 11 is 0. The molecule has 0 radical (unpaired) electrons. The largest absolute Gasteiger partial charge is 0.444 e. The standard InChI is InChI=1S/C13H15NO3S/c1-11-6-5-9-18(16)14(11)13(15)17-10-12-7-3-2-4-8-12/h2-8,11H,9-10H2,1H3/t11-,18+/m1/s1. The smallest absolute Gasteiger partial charge is 0.422 e. The molecule has 0 unspecified atom stereocenters. The molecule has 1 aromatic carbocycles. The molecule has 2 rings (SSSR count). The van der Waals surface area contributed by atoms with Crippen molar-refractivity contribution < 1.29 is 13.7 Å². The summed E-state index contributed by atoms with van der Waals surface area (Å²) in [6.45, 7) is 2.02. The lowest BCUT2D eigenvalue weighted by Crippen LogP contribution is -2.42. The molecule has 0 bridgehead atoms. The topological polar surface area (TPSA) is 46.6 Å². The highest BCUT2D eigenvalue weighted by molar-refractivity contribution is 7.83. The van der Waals surface area contributed by atoms with E-state index in [4.69, 9.17) is 4.74 Å². The van der Waals surface area contributed by atoms with Gasteiger partial charge in [-0.2, -0.15) is 0 Å². The number of hydrogen-bond acceptors (Lipinski definition) is 3. The van der Waals surface area contributed by atoms with Crippen molar-refractivity contribution in [2.45, 2.75) is 19.6 Å². The van der Waals surface area contributed by atoms with Gasteiger partial charge in [0.2, 0.25) is 0 Å². The van der Waals surface area contributed by atoms with E-state index in [-0.39, 0.29) is 12.6 Å². The average Bonchev–Trinajstić information content (AvgIpc) is 2.37. The van der Waals surface area contributed by atoms with E-state index in [1.54, 1.807) is 0 Å². The van der Waals surface area contributed by atoms with E-state index in [0.717, 1.165) is 5.56 Å². The second-order valence-electron chi connectivity index (χ2n) is 4.02. The molecule has 1 heterocycles. The highest BCUT2D eigenvalue weighted by Crippen LogP contribution is 2.14. The van der Waals surface area contributed by atoms with Gasteiger partial charge in [0.1, 0.15) is 17.6 Å². The Morgan fingerprint density at radius 1 is 1.44 bits per heavy atom. The SMILES string of the molecule is C[C@@H]1C=CC[S@](=O)N1C(=O)OCc1ccccc1. The molecular formula is C13H15NO3S. The van der Waals surface area contributed by atoms with Gasteiger partial charge in [-0.15, -0.1) is 0 Å². The molecule has 18 heavy (non-hydrogen) atoms. The highest BCUT2D eigenvalue weighted by Gasteiger charge is 2.27. The van der Waals surface area contributed by atoms with Gasteiger partial charge in [0.15, 0.2) is 0 Å². The summed E-state index contributed by atoms with van der Waals surface area (Å²) in [6, 6.07) is 9.23. The van der Waals surface area contributed by atoms with Crippen molar-refractivity contribution in [3.63, 3.8) is 0 Å². The van der Waals surface area contributed by atoms with Gasteiger partial charge in [-0.3, -0.25) is 0 Å². The molecule has 0 N–H and O–H groups in total. The maximum atomic E-state index is 11.9. The first-order chi connectivity index (χ1) is 8.68. The molecule has 0 fully saturated rings. The molecule has 1 aliphatic rings. The number of amides is 1. The van der Waals surface area contributed by atoms with Crippen LogP contribution in [0.15, 0.2) is 42.5 Å². The molecule has 0 aromatic heterocycles. The molecule has 5 heteroatoms. The minimum absolute atomic E-state index is 0.192. The third-order valence-electron chi connectivity index (χ3n) is 2.63. The fraction of sp³-hybridized carbons (Fsp3) is 0.308. The summed E-state index contributed by atoms with van der Waals surface area (Å²) in [4.78, 5) is 11.9. The number of rotatable bonds is 2. The summed E-state index contributed by atoms with van der Waals surface area (Å²) in [5, 5.41) is 0. The van der Waals surface area contributed by atoms with Crippen LogP contribution in [0, 0.1) is 0 Å². The van der Waals surface area contributed by atoms with Crippen LogP contribution in [0.5, 0.6) is 0 Å². The predicted molar refractivity (Wildman–Crippen MR) is 70.1 cm³/mol. The van der Waals surface area contributed by atoms with Crippen molar-refractivity contribution in [2.24, 2.45) is 0 Å². The van der Waals surface area contributed by atoms with Gasteiger partial charge in [0.25, 0.3) is 0 Å². The first kappa shape index (κ1) is 12.8. The Bertz CT molecular complexity index is 472. The van der Waals surface area contributed by atoms with E-state index < -0.39 is 17.1 Å². The van der Waals surface area contributed by atoms with Crippen molar-refractivity contribution in [3.8, 4) is 0 Å². The van der Waals surface area contributed by atoms with Crippen LogP contribution in [-0.2, 0) is 22.3 Å². The van der Waals surface area contributed by atoms with Crippen LogP contribution in [0.4, 0.5) is 4.79 Å². The Balaban J connectivity index is 1.96. The molecule has 1 aliphatic heterocycles. The fourth-order valence-electron chi connectivity index (χ4n) is 1.71. The maximum Gasteiger partial charge on any atom is 0.422 e. The molecule has 1 amide bonds. The van der Waals surface area contributed by atoms with E-state index >= 15 is 0 Å². The van der Waals surface area contributed by atoms with E-state index in [2.05, 4.69) is 0 Å². The van der Waals surface area contributed by atoms with Crippen molar-refractivity contribution in [1.29, 1.82) is 0 Å². The zero-order chi connectivity index (χ0) is 13.0. The van der Waals surface area contributed by atoms with E-state index in [0.29, 0.717) is 5.75 Å². The second kappa shape index (κ2) is 5.82. The Kier molecular flexibility index (Phi) is 4.15. The Morgan fingerprint density at radius 3 is 2.83 bits per heavy atom. The molecule has 0 spiro atoms. The third kappa shape index (κ3) is 2.98. The van der Waals surface area contributed by atoms with Crippen molar-refractivity contribution in [2.75, 3.05) is 5.75 Å². The van der Waals surface area contributed by atoms with Gasteiger partial charge in [-0.25, -0.2) is 13.3 Å². The third-order valence-corrected chi connectivity index (χ3v) is 4.03. The zero-order valence-electron chi connectivity index (χ0n) is 10.1. The molecule has 1 aromatic rings. The quantitative estimate of drug-likeness (QED) is 0.770. The van der Waals surface area contributed by atoms with E-state index in [1.807, 2.05) is 49.4 Å². The molecular weight excluding hydrogens is 250 g/mol. The van der Waals surface area contributed by atoms with E-state index in [1.165, 1.54) is 4.31 Å². The van der Waals surface area contributed by atoms with Crippen LogP contribution in [0.2, 0.25) is 0 Å². The second-order valence-corrected chi connectivity index (χ2v) is 5.39. The minimum Gasteiger partial charge on any atom is -0.444 e. The van der Waals surface area contributed by atoms with Crippen LogP contribution in [0.3, 0.4) is 0 Å². The molecule has 4 nitrogen and oxygen atoms in total. The number of benzene rings is 1. The molecule has 96 valence electrons. The van der Waals surface area contributed by atoms with E-state index in [9.17, 15) is 9.00 Å². The highest BCUT2D eigenvalue weighted by atomic mass is 32.2. The van der Waals surface area contributed by atoms with Gasteiger partial charge < -0.3 is 4.74 Å². The van der Waals surface area contributed by atoms with Gasteiger partial charge in [-0.05, 0) is 12.5 Å². The van der Waals surface area contributed by atoms with Gasteiger partial charge in [-0.1, -0.05) is 42.5 Å². The Hall–Kier alpha value is -1.62. The zero-order valence-corrected chi connectivity index (χ0v) is 10.9. The van der Waals surface area contributed by atoms with Crippen molar-refractivity contribution >= 4 is 17.1 Å². The normalized spacial score (nSPS) is 22.8. The summed E-state index contributed by atoms with van der Waals surface area (Å²) in [7, 11) is -1.32. The van der Waals surface area contributed by atoms with Crippen LogP contribution in [0.1, 0.15) is 12.5 Å². The average molecular weight is 265 g/mol. The molecule has 0 saturated carbocycles. The molecule has 0 saturated heterocycles. The lowest BCUT2D eigenvalue weighted by Gasteiger charge is -2.27. The van der Waals surface area contributed by atoms with Crippen LogP contribution >= 0.6 is 0 Å². The lowest BCUT2D eigenvalue weighted by molar-refractivity contribution is 0.116. The number of carbonyl (C=O) groups is 1. The van der Waals surface area contributed by atoms with Gasteiger partial charge in [0, 0.05) is 0 Å². The minimum atomic E-state index is -1.32. The summed E-state index contributed by atoms with van der Waals surface area (Å²) in [6.07, 6.45) is 3.14. The molecule has 0 aliphatic carbocycles. The van der Waals surface area contributed by atoms with Crippen LogP contribution in [-0.4, -0.2) is 26.4 Å². The first-order valence-electron chi connectivity index (χ1n) is 5.73.